The molecule has 1 aromatic heterocycles. The molecule has 3 heteroatoms. The van der Waals surface area contributed by atoms with Crippen molar-refractivity contribution in [3.63, 3.8) is 0 Å². The monoisotopic (exact) mass is 231 g/mol. The predicted molar refractivity (Wildman–Crippen MR) is 53.9 cm³/mol. The average Bonchev–Trinajstić information content (AvgIpc) is 2.32. The highest BCUT2D eigenvalue weighted by atomic mass is 79.9. The standard InChI is InChI=1S/C8H10BrNS/c1-3-7(10)8-5(2)6(9)4-11-8/h3-4,7H,1,10H2,2H3. The molecule has 11 heavy (non-hydrogen) atoms. The van der Waals surface area contributed by atoms with Crippen LogP contribution in [-0.4, -0.2) is 0 Å². The van der Waals surface area contributed by atoms with E-state index in [0.717, 1.165) is 4.47 Å². The highest BCUT2D eigenvalue weighted by molar-refractivity contribution is 9.10. The summed E-state index contributed by atoms with van der Waals surface area (Å²) >= 11 is 5.10. The molecule has 0 aliphatic heterocycles. The summed E-state index contributed by atoms with van der Waals surface area (Å²) in [4.78, 5) is 1.19. The summed E-state index contributed by atoms with van der Waals surface area (Å²) in [5.41, 5.74) is 7.00. The van der Waals surface area contributed by atoms with Gasteiger partial charge >= 0.3 is 0 Å². The SMILES string of the molecule is C=CC(N)c1scc(Br)c1C. The first-order valence-electron chi connectivity index (χ1n) is 3.28. The zero-order valence-corrected chi connectivity index (χ0v) is 8.71. The van der Waals surface area contributed by atoms with Crippen molar-refractivity contribution in [3.05, 3.63) is 32.9 Å². The molecule has 1 aromatic rings. The highest BCUT2D eigenvalue weighted by Crippen LogP contribution is 2.30. The van der Waals surface area contributed by atoms with E-state index in [2.05, 4.69) is 29.4 Å². The smallest absolute Gasteiger partial charge is 0.0576 e. The maximum atomic E-state index is 5.78. The number of rotatable bonds is 2. The average molecular weight is 232 g/mol. The molecule has 0 spiro atoms. The Kier molecular flexibility index (Phi) is 2.87. The van der Waals surface area contributed by atoms with Crippen LogP contribution in [0.1, 0.15) is 16.5 Å². The van der Waals surface area contributed by atoms with Gasteiger partial charge in [0, 0.05) is 14.7 Å². The van der Waals surface area contributed by atoms with Crippen molar-refractivity contribution in [2.24, 2.45) is 5.73 Å². The van der Waals surface area contributed by atoms with Crippen molar-refractivity contribution in [3.8, 4) is 0 Å². The first kappa shape index (κ1) is 8.97. The maximum Gasteiger partial charge on any atom is 0.0576 e. The molecular weight excluding hydrogens is 222 g/mol. The predicted octanol–water partition coefficient (Wildman–Crippen LogP) is 3.00. The zero-order chi connectivity index (χ0) is 8.43. The lowest BCUT2D eigenvalue weighted by molar-refractivity contribution is 0.928. The van der Waals surface area contributed by atoms with E-state index in [1.54, 1.807) is 17.4 Å². The molecule has 0 aliphatic rings. The van der Waals surface area contributed by atoms with Crippen LogP contribution in [0.5, 0.6) is 0 Å². The van der Waals surface area contributed by atoms with E-state index in [-0.39, 0.29) is 6.04 Å². The summed E-state index contributed by atoms with van der Waals surface area (Å²) in [6.07, 6.45) is 1.76. The van der Waals surface area contributed by atoms with Crippen LogP contribution in [-0.2, 0) is 0 Å². The van der Waals surface area contributed by atoms with Crippen molar-refractivity contribution in [2.75, 3.05) is 0 Å². The Balaban J connectivity index is 3.03. The van der Waals surface area contributed by atoms with Gasteiger partial charge < -0.3 is 5.73 Å². The van der Waals surface area contributed by atoms with E-state index in [0.29, 0.717) is 0 Å². The molecule has 0 bridgehead atoms. The van der Waals surface area contributed by atoms with Crippen LogP contribution in [0.15, 0.2) is 22.5 Å². The minimum absolute atomic E-state index is 0.0219. The number of thiophene rings is 1. The fourth-order valence-corrected chi connectivity index (χ4v) is 2.42. The third kappa shape index (κ3) is 1.72. The summed E-state index contributed by atoms with van der Waals surface area (Å²) in [5, 5.41) is 2.05. The third-order valence-electron chi connectivity index (χ3n) is 1.57. The van der Waals surface area contributed by atoms with Gasteiger partial charge in [-0.25, -0.2) is 0 Å². The summed E-state index contributed by atoms with van der Waals surface area (Å²) < 4.78 is 1.13. The lowest BCUT2D eigenvalue weighted by Gasteiger charge is -2.03. The van der Waals surface area contributed by atoms with E-state index in [1.165, 1.54) is 10.4 Å². The molecule has 1 unspecified atom stereocenters. The van der Waals surface area contributed by atoms with Crippen LogP contribution in [0.3, 0.4) is 0 Å². The van der Waals surface area contributed by atoms with Gasteiger partial charge in [0.05, 0.1) is 6.04 Å². The summed E-state index contributed by atoms with van der Waals surface area (Å²) in [6.45, 7) is 5.71. The van der Waals surface area contributed by atoms with Crippen molar-refractivity contribution < 1.29 is 0 Å². The fourth-order valence-electron chi connectivity index (χ4n) is 0.845. The largest absolute Gasteiger partial charge is 0.320 e. The summed E-state index contributed by atoms with van der Waals surface area (Å²) in [7, 11) is 0. The quantitative estimate of drug-likeness (QED) is 0.779. The lowest BCUT2D eigenvalue weighted by Crippen LogP contribution is -2.05. The van der Waals surface area contributed by atoms with Gasteiger partial charge in [0.1, 0.15) is 0 Å². The molecule has 1 rings (SSSR count). The van der Waals surface area contributed by atoms with Crippen LogP contribution in [0.25, 0.3) is 0 Å². The lowest BCUT2D eigenvalue weighted by atomic mass is 10.2. The van der Waals surface area contributed by atoms with E-state index in [4.69, 9.17) is 5.73 Å². The van der Waals surface area contributed by atoms with Crippen molar-refractivity contribution in [1.29, 1.82) is 0 Å². The molecule has 0 fully saturated rings. The molecule has 1 heterocycles. The Labute approximate surface area is 79.0 Å². The minimum atomic E-state index is -0.0219. The molecule has 60 valence electrons. The van der Waals surface area contributed by atoms with Gasteiger partial charge in [0.2, 0.25) is 0 Å². The van der Waals surface area contributed by atoms with Crippen LogP contribution in [0.4, 0.5) is 0 Å². The van der Waals surface area contributed by atoms with Gasteiger partial charge in [0.15, 0.2) is 0 Å². The topological polar surface area (TPSA) is 26.0 Å². The molecule has 0 saturated carbocycles. The second-order valence-electron chi connectivity index (χ2n) is 2.33. The maximum absolute atomic E-state index is 5.78. The summed E-state index contributed by atoms with van der Waals surface area (Å²) in [5.74, 6) is 0. The van der Waals surface area contributed by atoms with E-state index < -0.39 is 0 Å². The number of hydrogen-bond acceptors (Lipinski definition) is 2. The summed E-state index contributed by atoms with van der Waals surface area (Å²) in [6, 6.07) is -0.0219. The Morgan fingerprint density at radius 3 is 2.82 bits per heavy atom. The molecule has 1 atom stereocenters. The molecule has 0 amide bonds. The number of nitrogens with two attached hydrogens (primary N) is 1. The number of halogens is 1. The second kappa shape index (κ2) is 3.52. The van der Waals surface area contributed by atoms with Crippen molar-refractivity contribution >= 4 is 27.3 Å². The molecular formula is C8H10BrNS. The number of hydrogen-bond donors (Lipinski definition) is 1. The van der Waals surface area contributed by atoms with Gasteiger partial charge in [-0.15, -0.1) is 17.9 Å². The van der Waals surface area contributed by atoms with Crippen LogP contribution < -0.4 is 5.73 Å². The van der Waals surface area contributed by atoms with Crippen LogP contribution in [0, 0.1) is 6.92 Å². The Hall–Kier alpha value is -0.120. The van der Waals surface area contributed by atoms with Gasteiger partial charge in [-0.3, -0.25) is 0 Å². The zero-order valence-electron chi connectivity index (χ0n) is 6.30. The van der Waals surface area contributed by atoms with E-state index in [1.807, 2.05) is 5.38 Å². The van der Waals surface area contributed by atoms with Gasteiger partial charge in [-0.1, -0.05) is 6.08 Å². The molecule has 0 saturated heterocycles. The van der Waals surface area contributed by atoms with Crippen LogP contribution in [0.2, 0.25) is 0 Å². The molecule has 0 aliphatic carbocycles. The fraction of sp³-hybridized carbons (Fsp3) is 0.250. The second-order valence-corrected chi connectivity index (χ2v) is 4.10. The Morgan fingerprint density at radius 1 is 1.82 bits per heavy atom. The third-order valence-corrected chi connectivity index (χ3v) is 3.89. The van der Waals surface area contributed by atoms with Gasteiger partial charge in [-0.05, 0) is 28.4 Å². The van der Waals surface area contributed by atoms with Crippen molar-refractivity contribution in [1.82, 2.24) is 0 Å². The minimum Gasteiger partial charge on any atom is -0.320 e. The van der Waals surface area contributed by atoms with Gasteiger partial charge in [0.25, 0.3) is 0 Å². The van der Waals surface area contributed by atoms with E-state index in [9.17, 15) is 0 Å². The highest BCUT2D eigenvalue weighted by Gasteiger charge is 2.09. The molecule has 2 N–H and O–H groups in total. The Morgan fingerprint density at radius 2 is 2.45 bits per heavy atom. The Bertz CT molecular complexity index is 267. The van der Waals surface area contributed by atoms with Crippen LogP contribution >= 0.6 is 27.3 Å². The van der Waals surface area contributed by atoms with Crippen molar-refractivity contribution in [2.45, 2.75) is 13.0 Å². The normalized spacial score (nSPS) is 13.0. The molecule has 0 radical (unpaired) electrons. The first-order chi connectivity index (χ1) is 5.16. The van der Waals surface area contributed by atoms with Gasteiger partial charge in [-0.2, -0.15) is 0 Å². The van der Waals surface area contributed by atoms with E-state index >= 15 is 0 Å². The molecule has 0 aromatic carbocycles. The first-order valence-corrected chi connectivity index (χ1v) is 4.95. The molecule has 1 nitrogen and oxygen atoms in total.